The van der Waals surface area contributed by atoms with Gasteiger partial charge in [0.2, 0.25) is 0 Å². The van der Waals surface area contributed by atoms with Crippen molar-refractivity contribution >= 4 is 34.0 Å². The first kappa shape index (κ1) is 18.0. The minimum atomic E-state index is -0.370. The Bertz CT molecular complexity index is 958. The molecule has 0 saturated carbocycles. The van der Waals surface area contributed by atoms with Gasteiger partial charge in [0.1, 0.15) is 17.2 Å². The topological polar surface area (TPSA) is 80.7 Å². The van der Waals surface area contributed by atoms with E-state index < -0.39 is 0 Å². The second-order valence-corrected chi connectivity index (χ2v) is 6.49. The maximum Gasteiger partial charge on any atom is 0.257 e. The molecule has 3 rings (SSSR count). The molecule has 0 spiro atoms. The summed E-state index contributed by atoms with van der Waals surface area (Å²) in [6.07, 6.45) is 0. The van der Waals surface area contributed by atoms with Gasteiger partial charge in [0.05, 0.1) is 24.9 Å². The molecule has 0 aliphatic rings. The quantitative estimate of drug-likeness (QED) is 0.673. The Morgan fingerprint density at radius 2 is 2.00 bits per heavy atom. The predicted molar refractivity (Wildman–Crippen MR) is 102 cm³/mol. The molecule has 0 unspecified atom stereocenters. The van der Waals surface area contributed by atoms with Crippen molar-refractivity contribution in [2.24, 2.45) is 0 Å². The molecular weight excluding hydrogens is 376 g/mol. The maximum atomic E-state index is 12.3. The standard InChI is InChI=1S/C18H15ClN2O4S/c1-24-11-4-6-16(25-2)12(8-11)14-9-26-18(20-14)21-17(23)10-3-5-15(22)13(19)7-10/h3-9,22H,1-2H3,(H,20,21,23). The summed E-state index contributed by atoms with van der Waals surface area (Å²) in [5.41, 5.74) is 1.74. The minimum absolute atomic E-state index is 0.0788. The Kier molecular flexibility index (Phi) is 5.29. The summed E-state index contributed by atoms with van der Waals surface area (Å²) in [7, 11) is 3.16. The third-order valence-electron chi connectivity index (χ3n) is 3.62. The number of amides is 1. The van der Waals surface area contributed by atoms with Gasteiger partial charge in [-0.3, -0.25) is 10.1 Å². The van der Waals surface area contributed by atoms with Crippen LogP contribution >= 0.6 is 22.9 Å². The number of phenolic OH excluding ortho intramolecular Hbond substituents is 1. The highest BCUT2D eigenvalue weighted by Crippen LogP contribution is 2.35. The van der Waals surface area contributed by atoms with Crippen LogP contribution < -0.4 is 14.8 Å². The number of carbonyl (C=O) groups is 1. The van der Waals surface area contributed by atoms with E-state index in [4.69, 9.17) is 21.1 Å². The summed E-state index contributed by atoms with van der Waals surface area (Å²) in [6, 6.07) is 9.66. The van der Waals surface area contributed by atoms with Gasteiger partial charge in [-0.05, 0) is 36.4 Å². The highest BCUT2D eigenvalue weighted by Gasteiger charge is 2.14. The number of methoxy groups -OCH3 is 2. The number of halogens is 1. The van der Waals surface area contributed by atoms with Crippen LogP contribution in [0.3, 0.4) is 0 Å². The number of benzene rings is 2. The Morgan fingerprint density at radius 3 is 2.69 bits per heavy atom. The van der Waals surface area contributed by atoms with Crippen LogP contribution in [0, 0.1) is 0 Å². The lowest BCUT2D eigenvalue weighted by Gasteiger charge is -2.08. The number of nitrogens with one attached hydrogen (secondary N) is 1. The fourth-order valence-electron chi connectivity index (χ4n) is 2.29. The van der Waals surface area contributed by atoms with E-state index in [2.05, 4.69) is 10.3 Å². The van der Waals surface area contributed by atoms with Crippen LogP contribution in [-0.2, 0) is 0 Å². The van der Waals surface area contributed by atoms with E-state index in [1.165, 1.54) is 29.5 Å². The first-order chi connectivity index (χ1) is 12.5. The molecule has 3 aromatic rings. The number of aromatic nitrogens is 1. The van der Waals surface area contributed by atoms with E-state index in [9.17, 15) is 9.90 Å². The lowest BCUT2D eigenvalue weighted by molar-refractivity contribution is 0.102. The smallest absolute Gasteiger partial charge is 0.257 e. The molecule has 0 aliphatic heterocycles. The van der Waals surface area contributed by atoms with E-state index in [0.29, 0.717) is 27.9 Å². The molecule has 1 aromatic heterocycles. The van der Waals surface area contributed by atoms with Crippen LogP contribution in [0.15, 0.2) is 41.8 Å². The van der Waals surface area contributed by atoms with E-state index in [1.807, 2.05) is 11.4 Å². The molecule has 0 atom stereocenters. The van der Waals surface area contributed by atoms with Gasteiger partial charge in [0, 0.05) is 16.5 Å². The number of nitrogens with zero attached hydrogens (tertiary/aromatic N) is 1. The molecule has 2 aromatic carbocycles. The lowest BCUT2D eigenvalue weighted by Crippen LogP contribution is -2.11. The molecule has 6 nitrogen and oxygen atoms in total. The minimum Gasteiger partial charge on any atom is -0.506 e. The first-order valence-electron chi connectivity index (χ1n) is 7.49. The predicted octanol–water partition coefficient (Wildman–Crippen LogP) is 4.44. The summed E-state index contributed by atoms with van der Waals surface area (Å²) >= 11 is 7.12. The number of thiazole rings is 1. The third kappa shape index (κ3) is 3.74. The van der Waals surface area contributed by atoms with E-state index >= 15 is 0 Å². The molecule has 134 valence electrons. The second-order valence-electron chi connectivity index (χ2n) is 5.22. The Morgan fingerprint density at radius 1 is 1.19 bits per heavy atom. The normalized spacial score (nSPS) is 10.4. The van der Waals surface area contributed by atoms with Gasteiger partial charge in [-0.1, -0.05) is 11.6 Å². The fraction of sp³-hybridized carbons (Fsp3) is 0.111. The zero-order chi connectivity index (χ0) is 18.7. The molecule has 0 radical (unpaired) electrons. The zero-order valence-corrected chi connectivity index (χ0v) is 15.5. The number of carbonyl (C=O) groups excluding carboxylic acids is 1. The van der Waals surface area contributed by atoms with Crippen molar-refractivity contribution in [1.82, 2.24) is 4.98 Å². The third-order valence-corrected chi connectivity index (χ3v) is 4.68. The van der Waals surface area contributed by atoms with E-state index in [0.717, 1.165) is 5.56 Å². The molecular formula is C18H15ClN2O4S. The SMILES string of the molecule is COc1ccc(OC)c(-c2csc(NC(=O)c3ccc(O)c(Cl)c3)n2)c1. The molecule has 1 amide bonds. The highest BCUT2D eigenvalue weighted by molar-refractivity contribution is 7.14. The Labute approximate surface area is 159 Å². The number of aromatic hydroxyl groups is 1. The lowest BCUT2D eigenvalue weighted by atomic mass is 10.1. The molecule has 2 N–H and O–H groups in total. The number of rotatable bonds is 5. The Hall–Kier alpha value is -2.77. The van der Waals surface area contributed by atoms with Gasteiger partial charge >= 0.3 is 0 Å². The number of hydrogen-bond acceptors (Lipinski definition) is 6. The van der Waals surface area contributed by atoms with Crippen molar-refractivity contribution in [3.05, 3.63) is 52.4 Å². The van der Waals surface area contributed by atoms with Gasteiger partial charge in [-0.2, -0.15) is 0 Å². The van der Waals surface area contributed by atoms with Crippen molar-refractivity contribution in [2.75, 3.05) is 19.5 Å². The van der Waals surface area contributed by atoms with Gasteiger partial charge in [0.15, 0.2) is 5.13 Å². The number of anilines is 1. The van der Waals surface area contributed by atoms with Crippen LogP contribution in [0.5, 0.6) is 17.2 Å². The maximum absolute atomic E-state index is 12.3. The molecule has 8 heteroatoms. The van der Waals surface area contributed by atoms with Crippen molar-refractivity contribution in [2.45, 2.75) is 0 Å². The number of hydrogen-bond donors (Lipinski definition) is 2. The van der Waals surface area contributed by atoms with Gasteiger partial charge < -0.3 is 14.6 Å². The Balaban J connectivity index is 1.84. The summed E-state index contributed by atoms with van der Waals surface area (Å²) in [5.74, 6) is 0.882. The summed E-state index contributed by atoms with van der Waals surface area (Å²) in [5, 5.41) is 14.5. The number of phenols is 1. The molecule has 0 fully saturated rings. The zero-order valence-electron chi connectivity index (χ0n) is 13.9. The average molecular weight is 391 g/mol. The van der Waals surface area contributed by atoms with Crippen molar-refractivity contribution in [1.29, 1.82) is 0 Å². The molecule has 0 saturated heterocycles. The summed E-state index contributed by atoms with van der Waals surface area (Å²) < 4.78 is 10.6. The van der Waals surface area contributed by atoms with Crippen molar-refractivity contribution < 1.29 is 19.4 Å². The summed E-state index contributed by atoms with van der Waals surface area (Å²) in [6.45, 7) is 0. The largest absolute Gasteiger partial charge is 0.506 e. The van der Waals surface area contributed by atoms with Gasteiger partial charge in [0.25, 0.3) is 5.91 Å². The fourth-order valence-corrected chi connectivity index (χ4v) is 3.17. The van der Waals surface area contributed by atoms with E-state index in [1.54, 1.807) is 26.4 Å². The molecule has 26 heavy (non-hydrogen) atoms. The van der Waals surface area contributed by atoms with Crippen LogP contribution in [0.25, 0.3) is 11.3 Å². The molecule has 0 bridgehead atoms. The van der Waals surface area contributed by atoms with E-state index in [-0.39, 0.29) is 16.7 Å². The van der Waals surface area contributed by atoms with Crippen LogP contribution in [0.1, 0.15) is 10.4 Å². The summed E-state index contributed by atoms with van der Waals surface area (Å²) in [4.78, 5) is 16.8. The highest BCUT2D eigenvalue weighted by atomic mass is 35.5. The monoisotopic (exact) mass is 390 g/mol. The van der Waals surface area contributed by atoms with Crippen molar-refractivity contribution in [3.8, 4) is 28.5 Å². The van der Waals surface area contributed by atoms with Gasteiger partial charge in [-0.25, -0.2) is 4.98 Å². The average Bonchev–Trinajstić information content (AvgIpc) is 3.11. The van der Waals surface area contributed by atoms with Crippen LogP contribution in [-0.4, -0.2) is 30.2 Å². The molecule has 1 heterocycles. The number of ether oxygens (including phenoxy) is 2. The van der Waals surface area contributed by atoms with Gasteiger partial charge in [-0.15, -0.1) is 11.3 Å². The first-order valence-corrected chi connectivity index (χ1v) is 8.75. The van der Waals surface area contributed by atoms with Crippen LogP contribution in [0.2, 0.25) is 5.02 Å². The van der Waals surface area contributed by atoms with Crippen molar-refractivity contribution in [3.63, 3.8) is 0 Å². The molecule has 0 aliphatic carbocycles. The van der Waals surface area contributed by atoms with Crippen LogP contribution in [0.4, 0.5) is 5.13 Å². The second kappa shape index (κ2) is 7.63.